The van der Waals surface area contributed by atoms with Crippen LogP contribution in [0.5, 0.6) is 0 Å². The average molecular weight is 439 g/mol. The zero-order valence-electron chi connectivity index (χ0n) is 19.1. The maximum absolute atomic E-state index is 10.5. The van der Waals surface area contributed by atoms with Crippen LogP contribution < -0.4 is 0 Å². The van der Waals surface area contributed by atoms with E-state index in [-0.39, 0.29) is 0 Å². The number of ether oxygens (including phenoxy) is 7. The van der Waals surface area contributed by atoms with Crippen LogP contribution in [0.25, 0.3) is 0 Å². The van der Waals surface area contributed by atoms with Crippen molar-refractivity contribution in [3.8, 4) is 0 Å². The zero-order chi connectivity index (χ0) is 22.1. The molecule has 10 nitrogen and oxygen atoms in total. The first-order chi connectivity index (χ1) is 14.7. The second-order valence-electron chi connectivity index (χ2n) is 6.56. The minimum atomic E-state index is 0.533. The summed E-state index contributed by atoms with van der Waals surface area (Å²) in [6, 6.07) is 0. The number of hydrogen-bond acceptors (Lipinski definition) is 9. The molecule has 0 unspecified atom stereocenters. The van der Waals surface area contributed by atoms with Crippen molar-refractivity contribution in [2.45, 2.75) is 0 Å². The highest BCUT2D eigenvalue weighted by atomic mass is 16.6. The predicted octanol–water partition coefficient (Wildman–Crippen LogP) is -0.248. The van der Waals surface area contributed by atoms with Gasteiger partial charge < -0.3 is 43.0 Å². The van der Waals surface area contributed by atoms with Gasteiger partial charge in [0.05, 0.1) is 85.9 Å². The van der Waals surface area contributed by atoms with Gasteiger partial charge in [0.25, 0.3) is 0 Å². The molecule has 0 saturated carbocycles. The number of carbonyl (C=O) groups is 1. The molecule has 10 heteroatoms. The summed E-state index contributed by atoms with van der Waals surface area (Å²) in [5.74, 6) is 0. The van der Waals surface area contributed by atoms with Crippen LogP contribution in [-0.4, -0.2) is 143 Å². The Morgan fingerprint density at radius 1 is 0.533 bits per heavy atom. The van der Waals surface area contributed by atoms with E-state index in [1.165, 1.54) is 0 Å². The lowest BCUT2D eigenvalue weighted by Gasteiger charge is -2.19. The van der Waals surface area contributed by atoms with E-state index in [1.807, 2.05) is 7.05 Å². The van der Waals surface area contributed by atoms with Gasteiger partial charge in [0.15, 0.2) is 0 Å². The van der Waals surface area contributed by atoms with Crippen molar-refractivity contribution >= 4 is 6.41 Å². The second kappa shape index (κ2) is 24.4. The van der Waals surface area contributed by atoms with Gasteiger partial charge in [0.1, 0.15) is 0 Å². The third-order valence-corrected chi connectivity index (χ3v) is 3.92. The van der Waals surface area contributed by atoms with Crippen LogP contribution in [0.1, 0.15) is 0 Å². The van der Waals surface area contributed by atoms with Gasteiger partial charge in [0.2, 0.25) is 6.41 Å². The predicted molar refractivity (Wildman–Crippen MR) is 113 cm³/mol. The Kier molecular flexibility index (Phi) is 23.7. The van der Waals surface area contributed by atoms with Crippen molar-refractivity contribution in [2.75, 3.05) is 127 Å². The van der Waals surface area contributed by atoms with Crippen molar-refractivity contribution in [3.05, 3.63) is 0 Å². The molecule has 0 aromatic carbocycles. The van der Waals surface area contributed by atoms with Crippen LogP contribution in [-0.2, 0) is 38.0 Å². The van der Waals surface area contributed by atoms with Crippen molar-refractivity contribution in [1.29, 1.82) is 0 Å². The molecule has 0 radical (unpaired) electrons. The molecule has 0 aliphatic rings. The van der Waals surface area contributed by atoms with Gasteiger partial charge in [-0.05, 0) is 7.05 Å². The molecule has 0 heterocycles. The Hall–Kier alpha value is -0.850. The SMILES string of the molecule is COCCOCCOCCOCCOCCOCCOCCN(C)CCN(C)C=O. The van der Waals surface area contributed by atoms with Crippen molar-refractivity contribution in [1.82, 2.24) is 9.80 Å². The van der Waals surface area contributed by atoms with E-state index in [2.05, 4.69) is 4.90 Å². The van der Waals surface area contributed by atoms with E-state index in [1.54, 1.807) is 19.1 Å². The largest absolute Gasteiger partial charge is 0.382 e. The molecule has 0 aromatic heterocycles. The standard InChI is InChI=1S/C20H42N2O8/c1-21(4-5-22(2)20-23)6-7-25-10-11-27-14-15-29-18-19-30-17-16-28-13-12-26-9-8-24-3/h20H,4-19H2,1-3H3. The van der Waals surface area contributed by atoms with E-state index >= 15 is 0 Å². The van der Waals surface area contributed by atoms with Crippen LogP contribution in [0, 0.1) is 0 Å². The molecule has 30 heavy (non-hydrogen) atoms. The van der Waals surface area contributed by atoms with Crippen LogP contribution in [0.3, 0.4) is 0 Å². The smallest absolute Gasteiger partial charge is 0.209 e. The molecule has 0 N–H and O–H groups in total. The lowest BCUT2D eigenvalue weighted by atomic mass is 10.5. The fourth-order valence-corrected chi connectivity index (χ4v) is 2.06. The molecular weight excluding hydrogens is 396 g/mol. The van der Waals surface area contributed by atoms with Crippen molar-refractivity contribution < 1.29 is 38.0 Å². The summed E-state index contributed by atoms with van der Waals surface area (Å²) >= 11 is 0. The second-order valence-corrected chi connectivity index (χ2v) is 6.56. The zero-order valence-corrected chi connectivity index (χ0v) is 19.1. The van der Waals surface area contributed by atoms with Crippen LogP contribution >= 0.6 is 0 Å². The van der Waals surface area contributed by atoms with E-state index in [4.69, 9.17) is 33.2 Å². The maximum Gasteiger partial charge on any atom is 0.209 e. The van der Waals surface area contributed by atoms with Gasteiger partial charge in [-0.2, -0.15) is 0 Å². The number of amides is 1. The summed E-state index contributed by atoms with van der Waals surface area (Å²) in [7, 11) is 5.42. The molecule has 0 atom stereocenters. The highest BCUT2D eigenvalue weighted by molar-refractivity contribution is 5.46. The summed E-state index contributed by atoms with van der Waals surface area (Å²) < 4.78 is 37.3. The summed E-state index contributed by atoms with van der Waals surface area (Å²) in [4.78, 5) is 14.3. The molecule has 0 fully saturated rings. The lowest BCUT2D eigenvalue weighted by molar-refractivity contribution is -0.117. The topological polar surface area (TPSA) is 88.2 Å². The molecule has 0 rings (SSSR count). The molecule has 180 valence electrons. The monoisotopic (exact) mass is 438 g/mol. The van der Waals surface area contributed by atoms with Gasteiger partial charge in [-0.1, -0.05) is 0 Å². The number of methoxy groups -OCH3 is 1. The average Bonchev–Trinajstić information content (AvgIpc) is 2.76. The Morgan fingerprint density at radius 2 is 0.900 bits per heavy atom. The van der Waals surface area contributed by atoms with Crippen LogP contribution in [0.15, 0.2) is 0 Å². The number of rotatable bonds is 25. The summed E-state index contributed by atoms with van der Waals surface area (Å²) in [6.45, 7) is 9.64. The minimum absolute atomic E-state index is 0.533. The number of carbonyl (C=O) groups excluding carboxylic acids is 1. The molecule has 1 amide bonds. The quantitative estimate of drug-likeness (QED) is 0.141. The molecule has 0 aliphatic heterocycles. The maximum atomic E-state index is 10.5. The third-order valence-electron chi connectivity index (χ3n) is 3.92. The Balaban J connectivity index is 3.10. The first-order valence-electron chi connectivity index (χ1n) is 10.5. The molecule has 0 spiro atoms. The molecule has 0 aliphatic carbocycles. The minimum Gasteiger partial charge on any atom is -0.382 e. The summed E-state index contributed by atoms with van der Waals surface area (Å²) in [6.07, 6.45) is 0.832. The Morgan fingerprint density at radius 3 is 1.27 bits per heavy atom. The first-order valence-corrected chi connectivity index (χ1v) is 10.5. The van der Waals surface area contributed by atoms with E-state index in [0.29, 0.717) is 92.4 Å². The fraction of sp³-hybridized carbons (Fsp3) is 0.950. The van der Waals surface area contributed by atoms with Crippen LogP contribution in [0.4, 0.5) is 0 Å². The number of nitrogens with zero attached hydrogens (tertiary/aromatic N) is 2. The number of likely N-dealkylation sites (N-methyl/N-ethyl adjacent to an activating group) is 2. The van der Waals surface area contributed by atoms with Crippen LogP contribution in [0.2, 0.25) is 0 Å². The van der Waals surface area contributed by atoms with Gasteiger partial charge in [-0.15, -0.1) is 0 Å². The number of hydrogen-bond donors (Lipinski definition) is 0. The highest BCUT2D eigenvalue weighted by Crippen LogP contribution is 1.87. The fourth-order valence-electron chi connectivity index (χ4n) is 2.06. The van der Waals surface area contributed by atoms with Gasteiger partial charge >= 0.3 is 0 Å². The highest BCUT2D eigenvalue weighted by Gasteiger charge is 2.00. The summed E-state index contributed by atoms with van der Waals surface area (Å²) in [5.41, 5.74) is 0. The first kappa shape index (κ1) is 29.1. The third kappa shape index (κ3) is 23.4. The lowest BCUT2D eigenvalue weighted by Crippen LogP contribution is -2.32. The van der Waals surface area contributed by atoms with E-state index in [0.717, 1.165) is 19.5 Å². The Labute approximate surface area is 181 Å². The van der Waals surface area contributed by atoms with E-state index in [9.17, 15) is 4.79 Å². The molecular formula is C20H42N2O8. The molecule has 0 aromatic rings. The van der Waals surface area contributed by atoms with Gasteiger partial charge in [-0.25, -0.2) is 0 Å². The van der Waals surface area contributed by atoms with Gasteiger partial charge in [-0.3, -0.25) is 4.79 Å². The van der Waals surface area contributed by atoms with Crippen molar-refractivity contribution in [3.63, 3.8) is 0 Å². The van der Waals surface area contributed by atoms with E-state index < -0.39 is 0 Å². The Bertz CT molecular complexity index is 353. The summed E-state index contributed by atoms with van der Waals surface area (Å²) in [5, 5.41) is 0. The normalized spacial score (nSPS) is 11.3. The van der Waals surface area contributed by atoms with Gasteiger partial charge in [0, 0.05) is 33.8 Å². The molecule has 0 saturated heterocycles. The molecule has 0 bridgehead atoms. The van der Waals surface area contributed by atoms with Crippen molar-refractivity contribution in [2.24, 2.45) is 0 Å².